The average Bonchev–Trinajstić information content (AvgIpc) is 2.67. The SMILES string of the molecule is COC[C@@H]1C[C@@H]2CNCCN2c2c(F)c(F)cc(C(F)F)c2O1. The van der Waals surface area contributed by atoms with Crippen LogP contribution in [0.25, 0.3) is 0 Å². The fourth-order valence-corrected chi connectivity index (χ4v) is 3.23. The number of nitrogens with zero attached hydrogens (tertiary/aromatic N) is 1. The van der Waals surface area contributed by atoms with E-state index in [0.29, 0.717) is 32.1 Å². The number of piperazine rings is 1. The lowest BCUT2D eigenvalue weighted by atomic mass is 10.0. The second kappa shape index (κ2) is 6.52. The molecule has 23 heavy (non-hydrogen) atoms. The first-order chi connectivity index (χ1) is 11.0. The number of hydrogen-bond acceptors (Lipinski definition) is 4. The van der Waals surface area contributed by atoms with Crippen LogP contribution in [0.4, 0.5) is 23.2 Å². The van der Waals surface area contributed by atoms with E-state index in [2.05, 4.69) is 5.32 Å². The highest BCUT2D eigenvalue weighted by atomic mass is 19.3. The van der Waals surface area contributed by atoms with Gasteiger partial charge in [0.15, 0.2) is 17.4 Å². The molecule has 2 atom stereocenters. The molecule has 0 saturated carbocycles. The molecule has 1 aromatic carbocycles. The van der Waals surface area contributed by atoms with Gasteiger partial charge in [0.1, 0.15) is 11.8 Å². The molecule has 1 N–H and O–H groups in total. The van der Waals surface area contributed by atoms with E-state index < -0.39 is 29.7 Å². The topological polar surface area (TPSA) is 33.7 Å². The van der Waals surface area contributed by atoms with Crippen molar-refractivity contribution in [3.8, 4) is 5.75 Å². The van der Waals surface area contributed by atoms with Gasteiger partial charge in [-0.3, -0.25) is 0 Å². The first-order valence-electron chi connectivity index (χ1n) is 7.46. The van der Waals surface area contributed by atoms with Crippen LogP contribution < -0.4 is 15.0 Å². The Balaban J connectivity index is 2.15. The Kier molecular flexibility index (Phi) is 4.63. The number of rotatable bonds is 3. The van der Waals surface area contributed by atoms with E-state index in [1.54, 1.807) is 4.90 Å². The Bertz CT molecular complexity index is 585. The van der Waals surface area contributed by atoms with Gasteiger partial charge in [-0.15, -0.1) is 0 Å². The molecule has 2 aliphatic rings. The molecule has 1 saturated heterocycles. The molecule has 0 amide bonds. The summed E-state index contributed by atoms with van der Waals surface area (Å²) in [6.07, 6.45) is -2.99. The number of fused-ring (bicyclic) bond motifs is 3. The van der Waals surface area contributed by atoms with E-state index in [0.717, 1.165) is 0 Å². The minimum Gasteiger partial charge on any atom is -0.485 e. The zero-order valence-corrected chi connectivity index (χ0v) is 12.6. The number of hydrogen-bond donors (Lipinski definition) is 1. The van der Waals surface area contributed by atoms with E-state index >= 15 is 0 Å². The smallest absolute Gasteiger partial charge is 0.267 e. The Morgan fingerprint density at radius 2 is 2.22 bits per heavy atom. The van der Waals surface area contributed by atoms with Crippen LogP contribution in [0.2, 0.25) is 0 Å². The van der Waals surface area contributed by atoms with Crippen molar-refractivity contribution in [1.82, 2.24) is 5.32 Å². The highest BCUT2D eigenvalue weighted by Crippen LogP contribution is 2.44. The van der Waals surface area contributed by atoms with Gasteiger partial charge in [-0.05, 0) is 6.07 Å². The molecule has 4 nitrogen and oxygen atoms in total. The third-order valence-corrected chi connectivity index (χ3v) is 4.22. The summed E-state index contributed by atoms with van der Waals surface area (Å²) >= 11 is 0. The normalized spacial score (nSPS) is 24.0. The molecule has 0 unspecified atom stereocenters. The second-order valence-corrected chi connectivity index (χ2v) is 5.72. The van der Waals surface area contributed by atoms with Crippen LogP contribution >= 0.6 is 0 Å². The predicted octanol–water partition coefficient (Wildman–Crippen LogP) is 2.48. The zero-order chi connectivity index (χ0) is 16.6. The van der Waals surface area contributed by atoms with Gasteiger partial charge < -0.3 is 19.7 Å². The number of benzene rings is 1. The second-order valence-electron chi connectivity index (χ2n) is 5.72. The van der Waals surface area contributed by atoms with Gasteiger partial charge in [-0.1, -0.05) is 0 Å². The fraction of sp³-hybridized carbons (Fsp3) is 0.600. The maximum atomic E-state index is 14.4. The van der Waals surface area contributed by atoms with Gasteiger partial charge in [0.2, 0.25) is 0 Å². The molecule has 0 aliphatic carbocycles. The molecule has 2 heterocycles. The van der Waals surface area contributed by atoms with Crippen LogP contribution in [-0.4, -0.2) is 45.5 Å². The van der Waals surface area contributed by atoms with Gasteiger partial charge >= 0.3 is 0 Å². The molecule has 0 radical (unpaired) electrons. The Morgan fingerprint density at radius 3 is 2.91 bits per heavy atom. The molecule has 2 aliphatic heterocycles. The maximum Gasteiger partial charge on any atom is 0.267 e. The summed E-state index contributed by atoms with van der Waals surface area (Å²) in [6.45, 7) is 1.68. The summed E-state index contributed by atoms with van der Waals surface area (Å²) in [5.41, 5.74) is -0.829. The van der Waals surface area contributed by atoms with Crippen LogP contribution in [-0.2, 0) is 4.74 Å². The van der Waals surface area contributed by atoms with E-state index in [4.69, 9.17) is 9.47 Å². The third kappa shape index (κ3) is 2.97. The lowest BCUT2D eigenvalue weighted by Gasteiger charge is -2.37. The summed E-state index contributed by atoms with van der Waals surface area (Å²) in [6, 6.07) is 0.345. The summed E-state index contributed by atoms with van der Waals surface area (Å²) in [5.74, 6) is -2.70. The molecule has 1 fully saturated rings. The van der Waals surface area contributed by atoms with Gasteiger partial charge in [0.25, 0.3) is 6.43 Å². The number of anilines is 1. The molecule has 1 aromatic rings. The molecule has 128 valence electrons. The first-order valence-corrected chi connectivity index (χ1v) is 7.46. The van der Waals surface area contributed by atoms with E-state index in [1.165, 1.54) is 7.11 Å². The van der Waals surface area contributed by atoms with Gasteiger partial charge in [0.05, 0.1) is 12.2 Å². The Morgan fingerprint density at radius 1 is 1.43 bits per heavy atom. The van der Waals surface area contributed by atoms with Crippen molar-refractivity contribution >= 4 is 5.69 Å². The number of methoxy groups -OCH3 is 1. The Hall–Kier alpha value is -1.54. The average molecular weight is 334 g/mol. The maximum absolute atomic E-state index is 14.4. The van der Waals surface area contributed by atoms with Gasteiger partial charge in [-0.2, -0.15) is 0 Å². The standard InChI is InChI=1S/C15H18F4N2O2/c1-22-7-9-4-8-6-20-2-3-21(8)13-12(17)11(16)5-10(15(18)19)14(13)23-9/h5,8-9,15,20H,2-4,6-7H2,1H3/t8-,9+/m1/s1. The number of ether oxygens (including phenoxy) is 2. The first kappa shape index (κ1) is 16.3. The molecule has 3 rings (SSSR count). The van der Waals surface area contributed by atoms with E-state index in [9.17, 15) is 17.6 Å². The van der Waals surface area contributed by atoms with Crippen molar-refractivity contribution in [2.75, 3.05) is 38.3 Å². The monoisotopic (exact) mass is 334 g/mol. The van der Waals surface area contributed by atoms with Crippen molar-refractivity contribution in [3.05, 3.63) is 23.3 Å². The molecule has 0 bridgehead atoms. The minimum atomic E-state index is -2.96. The zero-order valence-electron chi connectivity index (χ0n) is 12.6. The van der Waals surface area contributed by atoms with Crippen molar-refractivity contribution in [2.45, 2.75) is 25.0 Å². The molecule has 8 heteroatoms. The minimum absolute atomic E-state index is 0.174. The summed E-state index contributed by atoms with van der Waals surface area (Å²) in [4.78, 5) is 1.63. The van der Waals surface area contributed by atoms with Crippen LogP contribution in [0.1, 0.15) is 18.4 Å². The van der Waals surface area contributed by atoms with Gasteiger partial charge in [0, 0.05) is 39.2 Å². The van der Waals surface area contributed by atoms with E-state index in [1.807, 2.05) is 0 Å². The van der Waals surface area contributed by atoms with Gasteiger partial charge in [-0.25, -0.2) is 17.6 Å². The van der Waals surface area contributed by atoms with Crippen LogP contribution in [0.15, 0.2) is 6.07 Å². The summed E-state index contributed by atoms with van der Waals surface area (Å²) in [7, 11) is 1.48. The quantitative estimate of drug-likeness (QED) is 0.861. The molecule has 0 aromatic heterocycles. The van der Waals surface area contributed by atoms with Crippen LogP contribution in [0.3, 0.4) is 0 Å². The van der Waals surface area contributed by atoms with Crippen LogP contribution in [0.5, 0.6) is 5.75 Å². The van der Waals surface area contributed by atoms with Crippen LogP contribution in [0, 0.1) is 11.6 Å². The molecular formula is C15H18F4N2O2. The third-order valence-electron chi connectivity index (χ3n) is 4.22. The van der Waals surface area contributed by atoms with Crippen molar-refractivity contribution in [3.63, 3.8) is 0 Å². The largest absolute Gasteiger partial charge is 0.485 e. The summed E-state index contributed by atoms with van der Waals surface area (Å²) < 4.78 is 65.5. The number of halogens is 4. The Labute approximate surface area is 131 Å². The number of alkyl halides is 2. The fourth-order valence-electron chi connectivity index (χ4n) is 3.23. The van der Waals surface area contributed by atoms with E-state index in [-0.39, 0.29) is 24.1 Å². The molecule has 0 spiro atoms. The highest BCUT2D eigenvalue weighted by molar-refractivity contribution is 5.65. The lowest BCUT2D eigenvalue weighted by molar-refractivity contribution is 0.0695. The highest BCUT2D eigenvalue weighted by Gasteiger charge is 2.37. The van der Waals surface area contributed by atoms with Crippen molar-refractivity contribution < 1.29 is 27.0 Å². The van der Waals surface area contributed by atoms with Crippen molar-refractivity contribution in [1.29, 1.82) is 0 Å². The molecular weight excluding hydrogens is 316 g/mol. The predicted molar refractivity (Wildman–Crippen MR) is 76.2 cm³/mol. The summed E-state index contributed by atoms with van der Waals surface area (Å²) in [5, 5.41) is 3.17. The number of nitrogens with one attached hydrogen (secondary N) is 1. The lowest BCUT2D eigenvalue weighted by Crippen LogP contribution is -2.52. The van der Waals surface area contributed by atoms with Crippen molar-refractivity contribution in [2.24, 2.45) is 0 Å².